The van der Waals surface area contributed by atoms with Crippen LogP contribution in [0.25, 0.3) is 11.0 Å². The molecule has 0 saturated heterocycles. The van der Waals surface area contributed by atoms with Gasteiger partial charge in [-0.25, -0.2) is 24.7 Å². The second-order valence-corrected chi connectivity index (χ2v) is 9.73. The maximum Gasteiger partial charge on any atom is 0.349 e. The summed E-state index contributed by atoms with van der Waals surface area (Å²) in [5, 5.41) is 0.836. The molecule has 0 aliphatic carbocycles. The Morgan fingerprint density at radius 3 is 2.31 bits per heavy atom. The Morgan fingerprint density at radius 2 is 1.74 bits per heavy atom. The summed E-state index contributed by atoms with van der Waals surface area (Å²) in [6, 6.07) is 0. The van der Waals surface area contributed by atoms with Crippen molar-refractivity contribution in [3.8, 4) is 0 Å². The van der Waals surface area contributed by atoms with Gasteiger partial charge in [0.25, 0.3) is 0 Å². The quantitative estimate of drug-likeness (QED) is 0.0721. The van der Waals surface area contributed by atoms with E-state index in [-0.39, 0.29) is 19.9 Å². The second-order valence-electron chi connectivity index (χ2n) is 8.96. The van der Waals surface area contributed by atoms with Crippen LogP contribution in [0.4, 0.5) is 11.5 Å². The van der Waals surface area contributed by atoms with Crippen LogP contribution in [-0.2, 0) is 49.6 Å². The first kappa shape index (κ1) is 34.2. The summed E-state index contributed by atoms with van der Waals surface area (Å²) in [7, 11) is 3.60. The number of aliphatic imine (C=N–C) groups is 2. The van der Waals surface area contributed by atoms with E-state index in [9.17, 15) is 19.2 Å². The molecule has 0 aliphatic heterocycles. The first-order chi connectivity index (χ1) is 19.9. The lowest BCUT2D eigenvalue weighted by Crippen LogP contribution is -2.45. The number of nitrogens with zero attached hydrogens (tertiary/aromatic N) is 6. The van der Waals surface area contributed by atoms with Gasteiger partial charge in [0.2, 0.25) is 0 Å². The Bertz CT molecular complexity index is 1330. The number of rotatable bonds is 15. The standard InChI is InChI=1S/C26H36N6O9S/c1-9-37-21(36)10-27-19-11-32(25-22(19)24(28-13-31(6)7)29-26(30-25)42-8)14-39-20(12-38-16(3)33)23(41-18(5)35)15(2)40-17(4)34/h10-11,13,15,20,23H,9,12,14H2,1-8H3/t15-,20+,23-/m0/s1. The van der Waals surface area contributed by atoms with Crippen molar-refractivity contribution in [2.45, 2.75) is 64.8 Å². The highest BCUT2D eigenvalue weighted by atomic mass is 32.2. The Morgan fingerprint density at radius 1 is 1.05 bits per heavy atom. The molecule has 0 fully saturated rings. The molecule has 2 aromatic heterocycles. The molecule has 230 valence electrons. The number of esters is 4. The SMILES string of the molecule is CCOC(=O)C=Nc1cn(CO[C@H](COC(C)=O)[C@@H](OC(C)=O)[C@H](C)OC(C)=O)c2nc(SC)nc(N=CN(C)C)c12. The zero-order valence-corrected chi connectivity index (χ0v) is 25.7. The van der Waals surface area contributed by atoms with E-state index in [0.29, 0.717) is 27.7 Å². The first-order valence-corrected chi connectivity index (χ1v) is 14.0. The molecule has 0 N–H and O–H groups in total. The molecule has 0 bridgehead atoms. The van der Waals surface area contributed by atoms with Gasteiger partial charge in [-0.2, -0.15) is 0 Å². The summed E-state index contributed by atoms with van der Waals surface area (Å²) in [5.41, 5.74) is 0.682. The first-order valence-electron chi connectivity index (χ1n) is 12.8. The van der Waals surface area contributed by atoms with Crippen LogP contribution >= 0.6 is 11.8 Å². The maximum atomic E-state index is 12.0. The van der Waals surface area contributed by atoms with E-state index in [1.54, 1.807) is 49.3 Å². The molecule has 0 saturated carbocycles. The molecule has 0 aromatic carbocycles. The smallest absolute Gasteiger partial charge is 0.349 e. The van der Waals surface area contributed by atoms with Crippen LogP contribution in [0.2, 0.25) is 0 Å². The number of fused-ring (bicyclic) bond motifs is 1. The minimum absolute atomic E-state index is 0.179. The van der Waals surface area contributed by atoms with E-state index in [2.05, 4.69) is 20.0 Å². The largest absolute Gasteiger partial charge is 0.463 e. The molecule has 42 heavy (non-hydrogen) atoms. The highest BCUT2D eigenvalue weighted by Gasteiger charge is 2.34. The Hall–Kier alpha value is -4.05. The molecule has 0 spiro atoms. The van der Waals surface area contributed by atoms with E-state index >= 15 is 0 Å². The van der Waals surface area contributed by atoms with Crippen molar-refractivity contribution in [2.24, 2.45) is 9.98 Å². The number of hydrogen-bond donors (Lipinski definition) is 0. The predicted molar refractivity (Wildman–Crippen MR) is 154 cm³/mol. The Balaban J connectivity index is 2.62. The summed E-state index contributed by atoms with van der Waals surface area (Å²) in [6.07, 6.45) is 2.87. The van der Waals surface area contributed by atoms with Gasteiger partial charge in [-0.15, -0.1) is 0 Å². The summed E-state index contributed by atoms with van der Waals surface area (Å²) in [5.74, 6) is -2.19. The fraction of sp³-hybridized carbons (Fsp3) is 0.538. The van der Waals surface area contributed by atoms with Crippen LogP contribution in [0.5, 0.6) is 0 Å². The van der Waals surface area contributed by atoms with E-state index in [0.717, 1.165) is 6.21 Å². The van der Waals surface area contributed by atoms with Crippen molar-refractivity contribution in [1.82, 2.24) is 19.4 Å². The van der Waals surface area contributed by atoms with E-state index in [4.69, 9.17) is 23.7 Å². The third kappa shape index (κ3) is 10.4. The van der Waals surface area contributed by atoms with Gasteiger partial charge < -0.3 is 33.2 Å². The van der Waals surface area contributed by atoms with Crippen LogP contribution in [0.1, 0.15) is 34.6 Å². The van der Waals surface area contributed by atoms with E-state index in [1.807, 2.05) is 0 Å². The van der Waals surface area contributed by atoms with Gasteiger partial charge in [-0.1, -0.05) is 11.8 Å². The third-order valence-electron chi connectivity index (χ3n) is 5.21. The summed E-state index contributed by atoms with van der Waals surface area (Å²) in [4.78, 5) is 66.8. The zero-order chi connectivity index (χ0) is 31.4. The van der Waals surface area contributed by atoms with Gasteiger partial charge in [0.1, 0.15) is 31.8 Å². The van der Waals surface area contributed by atoms with Crippen molar-refractivity contribution in [1.29, 1.82) is 0 Å². The lowest BCUT2D eigenvalue weighted by molar-refractivity contribution is -0.186. The van der Waals surface area contributed by atoms with Gasteiger partial charge in [-0.05, 0) is 20.1 Å². The number of aromatic nitrogens is 3. The predicted octanol–water partition coefficient (Wildman–Crippen LogP) is 2.43. The fourth-order valence-corrected chi connectivity index (χ4v) is 3.94. The topological polar surface area (TPSA) is 173 Å². The number of thioether (sulfide) groups is 1. The molecule has 2 aromatic rings. The van der Waals surface area contributed by atoms with Crippen LogP contribution < -0.4 is 0 Å². The van der Waals surface area contributed by atoms with Crippen LogP contribution in [0.15, 0.2) is 21.3 Å². The summed E-state index contributed by atoms with van der Waals surface area (Å²) in [6.45, 7) is 6.50. The molecule has 2 heterocycles. The van der Waals surface area contributed by atoms with Crippen LogP contribution in [0, 0.1) is 0 Å². The molecule has 0 unspecified atom stereocenters. The number of carbonyl (C=O) groups is 4. The second kappa shape index (κ2) is 16.4. The van der Waals surface area contributed by atoms with E-state index in [1.165, 1.54) is 39.5 Å². The molecule has 15 nitrogen and oxygen atoms in total. The number of carbonyl (C=O) groups excluding carboxylic acids is 4. The molecule has 3 atom stereocenters. The molecular formula is C26H36N6O9S. The van der Waals surface area contributed by atoms with E-state index < -0.39 is 42.2 Å². The van der Waals surface area contributed by atoms with Gasteiger partial charge in [0.05, 0.1) is 24.0 Å². The van der Waals surface area contributed by atoms with Crippen molar-refractivity contribution in [3.63, 3.8) is 0 Å². The van der Waals surface area contributed by atoms with Gasteiger partial charge >= 0.3 is 23.9 Å². The summed E-state index contributed by atoms with van der Waals surface area (Å²) >= 11 is 1.29. The minimum atomic E-state index is -1.12. The van der Waals surface area contributed by atoms with Crippen molar-refractivity contribution < 1.29 is 42.9 Å². The average molecular weight is 609 g/mol. The molecular weight excluding hydrogens is 572 g/mol. The van der Waals surface area contributed by atoms with Gasteiger partial charge in [-0.3, -0.25) is 14.4 Å². The van der Waals surface area contributed by atoms with Crippen LogP contribution in [0.3, 0.4) is 0 Å². The monoisotopic (exact) mass is 608 g/mol. The molecule has 0 aliphatic rings. The highest BCUT2D eigenvalue weighted by molar-refractivity contribution is 7.98. The van der Waals surface area contributed by atoms with Crippen LogP contribution in [-0.4, -0.2) is 108 Å². The molecule has 16 heteroatoms. The normalized spacial score (nSPS) is 13.6. The maximum absolute atomic E-state index is 12.0. The molecule has 2 rings (SSSR count). The minimum Gasteiger partial charge on any atom is -0.463 e. The Labute approximate surface area is 247 Å². The Kier molecular flexibility index (Phi) is 13.3. The van der Waals surface area contributed by atoms with Gasteiger partial charge in [0, 0.05) is 41.1 Å². The lowest BCUT2D eigenvalue weighted by Gasteiger charge is -2.30. The highest BCUT2D eigenvalue weighted by Crippen LogP contribution is 2.35. The van der Waals surface area contributed by atoms with Crippen molar-refractivity contribution >= 4 is 70.7 Å². The number of ether oxygens (including phenoxy) is 5. The lowest BCUT2D eigenvalue weighted by atomic mass is 10.1. The third-order valence-corrected chi connectivity index (χ3v) is 5.76. The summed E-state index contributed by atoms with van der Waals surface area (Å²) < 4.78 is 28.5. The zero-order valence-electron chi connectivity index (χ0n) is 24.9. The molecule has 0 radical (unpaired) electrons. The number of hydrogen-bond acceptors (Lipinski definition) is 14. The van der Waals surface area contributed by atoms with Crippen molar-refractivity contribution in [3.05, 3.63) is 6.20 Å². The van der Waals surface area contributed by atoms with Gasteiger partial charge in [0.15, 0.2) is 22.7 Å². The van der Waals surface area contributed by atoms with Crippen molar-refractivity contribution in [2.75, 3.05) is 33.6 Å². The fourth-order valence-electron chi connectivity index (χ4n) is 3.59. The molecule has 0 amide bonds. The average Bonchev–Trinajstić information content (AvgIpc) is 3.26.